The number of carbonyl (C=O) groups is 1. The number of amides is 1. The smallest absolute Gasteiger partial charge is 0.221 e. The Morgan fingerprint density at radius 3 is 2.73 bits per heavy atom. The van der Waals surface area contributed by atoms with Gasteiger partial charge in [-0.15, -0.1) is 0 Å². The predicted molar refractivity (Wildman–Crippen MR) is 107 cm³/mol. The van der Waals surface area contributed by atoms with Gasteiger partial charge in [-0.1, -0.05) is 59.4 Å². The summed E-state index contributed by atoms with van der Waals surface area (Å²) in [7, 11) is 0. The average molecular weight is 363 g/mol. The van der Waals surface area contributed by atoms with Crippen molar-refractivity contribution in [3.63, 3.8) is 0 Å². The Balaban J connectivity index is 2.00. The Kier molecular flexibility index (Phi) is 5.65. The van der Waals surface area contributed by atoms with E-state index in [2.05, 4.69) is 23.5 Å². The second-order valence-corrected chi connectivity index (χ2v) is 7.48. The third-order valence-corrected chi connectivity index (χ3v) is 5.31. The first-order valence-corrected chi connectivity index (χ1v) is 9.51. The second-order valence-electron chi connectivity index (χ2n) is 6.48. The standard InChI is InChI=1S/C21H21N3OS/c1-14-8-10-17(11-9-14)19-21(23-15(2)25)26-20(24-19)18(13-22)12-16-6-4-3-5-7-16/h3-4,8-12,16H,5-7H2,1-2H3,(H,23,25)/b18-12+/t16-/m0/s1. The highest BCUT2D eigenvalue weighted by Crippen LogP contribution is 2.37. The SMILES string of the molecule is CC(=O)Nc1sc(/C(C#N)=C/[C@H]2CC=CCC2)nc1-c1ccc(C)cc1. The molecule has 0 unspecified atom stereocenters. The summed E-state index contributed by atoms with van der Waals surface area (Å²) in [5.41, 5.74) is 3.39. The Morgan fingerprint density at radius 1 is 1.35 bits per heavy atom. The fourth-order valence-electron chi connectivity index (χ4n) is 2.95. The molecule has 1 aromatic carbocycles. The third kappa shape index (κ3) is 4.27. The maximum atomic E-state index is 11.6. The van der Waals surface area contributed by atoms with Crippen LogP contribution >= 0.6 is 11.3 Å². The van der Waals surface area contributed by atoms with Crippen molar-refractivity contribution in [2.24, 2.45) is 5.92 Å². The average Bonchev–Trinajstić information content (AvgIpc) is 3.04. The van der Waals surface area contributed by atoms with Crippen LogP contribution in [0.5, 0.6) is 0 Å². The van der Waals surface area contributed by atoms with Crippen LogP contribution in [0.4, 0.5) is 5.00 Å². The topological polar surface area (TPSA) is 65.8 Å². The molecule has 0 radical (unpaired) electrons. The van der Waals surface area contributed by atoms with Crippen molar-refractivity contribution in [1.82, 2.24) is 4.98 Å². The van der Waals surface area contributed by atoms with Crippen LogP contribution in [0.3, 0.4) is 0 Å². The highest BCUT2D eigenvalue weighted by molar-refractivity contribution is 7.17. The Bertz CT molecular complexity index is 900. The first-order chi connectivity index (χ1) is 12.6. The van der Waals surface area contributed by atoms with Crippen LogP contribution in [0.25, 0.3) is 16.8 Å². The molecule has 26 heavy (non-hydrogen) atoms. The molecule has 1 amide bonds. The van der Waals surface area contributed by atoms with Crippen molar-refractivity contribution in [3.05, 3.63) is 53.1 Å². The predicted octanol–water partition coefficient (Wildman–Crippen LogP) is 5.34. The van der Waals surface area contributed by atoms with E-state index in [1.54, 1.807) is 0 Å². The number of hydrogen-bond acceptors (Lipinski definition) is 4. The van der Waals surface area contributed by atoms with Gasteiger partial charge in [-0.3, -0.25) is 4.79 Å². The summed E-state index contributed by atoms with van der Waals surface area (Å²) in [6, 6.07) is 10.3. The van der Waals surface area contributed by atoms with Gasteiger partial charge in [0.2, 0.25) is 5.91 Å². The van der Waals surface area contributed by atoms with Crippen LogP contribution in [0.1, 0.15) is 36.8 Å². The van der Waals surface area contributed by atoms with Crippen molar-refractivity contribution in [3.8, 4) is 17.3 Å². The highest BCUT2D eigenvalue weighted by atomic mass is 32.1. The first-order valence-electron chi connectivity index (χ1n) is 8.69. The molecule has 1 atom stereocenters. The fourth-order valence-corrected chi connectivity index (χ4v) is 3.96. The lowest BCUT2D eigenvalue weighted by molar-refractivity contribution is -0.114. The quantitative estimate of drug-likeness (QED) is 0.589. The van der Waals surface area contributed by atoms with E-state index in [1.165, 1.54) is 18.3 Å². The number of benzene rings is 1. The van der Waals surface area contributed by atoms with Gasteiger partial charge >= 0.3 is 0 Å². The van der Waals surface area contributed by atoms with E-state index in [0.717, 1.165) is 30.4 Å². The minimum atomic E-state index is -0.145. The number of rotatable bonds is 4. The lowest BCUT2D eigenvalue weighted by atomic mass is 9.92. The Hall–Kier alpha value is -2.71. The van der Waals surface area contributed by atoms with E-state index in [4.69, 9.17) is 4.98 Å². The van der Waals surface area contributed by atoms with Gasteiger partial charge in [-0.25, -0.2) is 4.98 Å². The summed E-state index contributed by atoms with van der Waals surface area (Å²) in [6.07, 6.45) is 9.44. The largest absolute Gasteiger partial charge is 0.316 e. The number of anilines is 1. The first kappa shape index (κ1) is 18.1. The van der Waals surface area contributed by atoms with E-state index in [-0.39, 0.29) is 5.91 Å². The zero-order valence-electron chi connectivity index (χ0n) is 15.0. The summed E-state index contributed by atoms with van der Waals surface area (Å²) < 4.78 is 0. The number of aromatic nitrogens is 1. The summed E-state index contributed by atoms with van der Waals surface area (Å²) >= 11 is 1.36. The molecule has 132 valence electrons. The molecule has 1 heterocycles. The number of nitriles is 1. The van der Waals surface area contributed by atoms with Crippen LogP contribution in [-0.4, -0.2) is 10.9 Å². The van der Waals surface area contributed by atoms with Crippen molar-refractivity contribution in [1.29, 1.82) is 5.26 Å². The summed E-state index contributed by atoms with van der Waals surface area (Å²) in [4.78, 5) is 16.3. The van der Waals surface area contributed by atoms with Crippen molar-refractivity contribution < 1.29 is 4.79 Å². The number of thiazole rings is 1. The van der Waals surface area contributed by atoms with Crippen molar-refractivity contribution in [2.45, 2.75) is 33.1 Å². The van der Waals surface area contributed by atoms with Crippen molar-refractivity contribution >= 4 is 27.8 Å². The molecular weight excluding hydrogens is 342 g/mol. The molecule has 4 nitrogen and oxygen atoms in total. The van der Waals surface area contributed by atoms with E-state index < -0.39 is 0 Å². The van der Waals surface area contributed by atoms with Crippen molar-refractivity contribution in [2.75, 3.05) is 5.32 Å². The minimum Gasteiger partial charge on any atom is -0.316 e. The van der Waals surface area contributed by atoms with Crippen LogP contribution < -0.4 is 5.32 Å². The third-order valence-electron chi connectivity index (χ3n) is 4.30. The van der Waals surface area contributed by atoms with Gasteiger partial charge in [0.05, 0.1) is 5.57 Å². The van der Waals surface area contributed by atoms with Gasteiger partial charge in [-0.05, 0) is 32.1 Å². The molecule has 1 aliphatic carbocycles. The molecule has 0 fully saturated rings. The number of nitrogens with zero attached hydrogens (tertiary/aromatic N) is 2. The molecule has 5 heteroatoms. The lowest BCUT2D eigenvalue weighted by Crippen LogP contribution is -2.05. The van der Waals surface area contributed by atoms with E-state index in [9.17, 15) is 10.1 Å². The molecule has 1 N–H and O–H groups in total. The molecule has 0 saturated heterocycles. The van der Waals surface area contributed by atoms with Gasteiger partial charge in [-0.2, -0.15) is 5.26 Å². The van der Waals surface area contributed by atoms with Crippen LogP contribution in [0.2, 0.25) is 0 Å². The summed E-state index contributed by atoms with van der Waals surface area (Å²) in [6.45, 7) is 3.51. The van der Waals surface area contributed by atoms with E-state index >= 15 is 0 Å². The highest BCUT2D eigenvalue weighted by Gasteiger charge is 2.18. The number of hydrogen-bond donors (Lipinski definition) is 1. The molecular formula is C21H21N3OS. The van der Waals surface area contributed by atoms with Crippen LogP contribution in [0, 0.1) is 24.2 Å². The minimum absolute atomic E-state index is 0.145. The number of nitrogens with one attached hydrogen (secondary N) is 1. The Morgan fingerprint density at radius 2 is 2.12 bits per heavy atom. The number of carbonyl (C=O) groups excluding carboxylic acids is 1. The van der Waals surface area contributed by atoms with Gasteiger partial charge < -0.3 is 5.32 Å². The zero-order chi connectivity index (χ0) is 18.5. The molecule has 2 aromatic rings. The molecule has 1 aromatic heterocycles. The monoisotopic (exact) mass is 363 g/mol. The zero-order valence-corrected chi connectivity index (χ0v) is 15.8. The Labute approximate surface area is 157 Å². The molecule has 3 rings (SSSR count). The van der Waals surface area contributed by atoms with Crippen LogP contribution in [-0.2, 0) is 4.79 Å². The maximum Gasteiger partial charge on any atom is 0.221 e. The molecule has 0 saturated carbocycles. The molecule has 0 bridgehead atoms. The molecule has 0 spiro atoms. The summed E-state index contributed by atoms with van der Waals surface area (Å²) in [5, 5.41) is 13.8. The second kappa shape index (κ2) is 8.11. The number of allylic oxidation sites excluding steroid dienone is 4. The molecule has 0 aliphatic heterocycles. The normalized spacial score (nSPS) is 17.0. The van der Waals surface area contributed by atoms with Gasteiger partial charge in [0.1, 0.15) is 21.8 Å². The molecule has 1 aliphatic rings. The maximum absolute atomic E-state index is 11.6. The van der Waals surface area contributed by atoms with E-state index in [1.807, 2.05) is 37.3 Å². The van der Waals surface area contributed by atoms with Gasteiger partial charge in [0, 0.05) is 12.5 Å². The van der Waals surface area contributed by atoms with Gasteiger partial charge in [0.15, 0.2) is 0 Å². The fraction of sp³-hybridized carbons (Fsp3) is 0.286. The van der Waals surface area contributed by atoms with Gasteiger partial charge in [0.25, 0.3) is 0 Å². The number of aryl methyl sites for hydroxylation is 1. The lowest BCUT2D eigenvalue weighted by Gasteiger charge is -2.13. The van der Waals surface area contributed by atoms with Crippen LogP contribution in [0.15, 0.2) is 42.5 Å². The summed E-state index contributed by atoms with van der Waals surface area (Å²) in [5.74, 6) is 0.221. The van der Waals surface area contributed by atoms with E-state index in [0.29, 0.717) is 27.2 Å².